The van der Waals surface area contributed by atoms with Crippen LogP contribution >= 0.6 is 11.6 Å². The molecule has 1 aliphatic heterocycles. The van der Waals surface area contributed by atoms with Gasteiger partial charge in [-0.15, -0.1) is 0 Å². The topological polar surface area (TPSA) is 107 Å². The summed E-state index contributed by atoms with van der Waals surface area (Å²) in [6, 6.07) is 23.3. The minimum absolute atomic E-state index is 0.0659. The lowest BCUT2D eigenvalue weighted by Crippen LogP contribution is -2.32. The van der Waals surface area contributed by atoms with Crippen molar-refractivity contribution in [1.29, 1.82) is 0 Å². The molecule has 0 unspecified atom stereocenters. The maximum Gasteiger partial charge on any atom is 0.263 e. The summed E-state index contributed by atoms with van der Waals surface area (Å²) in [5.41, 5.74) is 3.82. The molecule has 0 bridgehead atoms. The van der Waals surface area contributed by atoms with Gasteiger partial charge in [0.1, 0.15) is 11.6 Å². The van der Waals surface area contributed by atoms with Gasteiger partial charge in [-0.05, 0) is 47.9 Å². The van der Waals surface area contributed by atoms with Gasteiger partial charge in [0.2, 0.25) is 5.95 Å². The number of phenols is 1. The Morgan fingerprint density at radius 2 is 1.74 bits per heavy atom. The first-order chi connectivity index (χ1) is 18.4. The zero-order chi connectivity index (χ0) is 26.5. The Morgan fingerprint density at radius 1 is 0.947 bits per heavy atom. The Balaban J connectivity index is 1.40. The van der Waals surface area contributed by atoms with E-state index in [2.05, 4.69) is 32.1 Å². The molecule has 8 nitrogen and oxygen atoms in total. The van der Waals surface area contributed by atoms with Crippen LogP contribution in [0.4, 0.5) is 11.8 Å². The summed E-state index contributed by atoms with van der Waals surface area (Å²) in [4.78, 5) is 11.7. The van der Waals surface area contributed by atoms with Gasteiger partial charge in [-0.2, -0.15) is 4.98 Å². The molecule has 0 radical (unpaired) electrons. The second-order valence-corrected chi connectivity index (χ2v) is 11.3. The van der Waals surface area contributed by atoms with Crippen LogP contribution in [-0.2, 0) is 36.0 Å². The number of fused-ring (bicyclic) bond motifs is 1. The van der Waals surface area contributed by atoms with Gasteiger partial charge >= 0.3 is 0 Å². The molecule has 0 fully saturated rings. The highest BCUT2D eigenvalue weighted by atomic mass is 35.5. The molecule has 0 spiro atoms. The smallest absolute Gasteiger partial charge is 0.263 e. The van der Waals surface area contributed by atoms with Gasteiger partial charge in [0.05, 0.1) is 10.6 Å². The third kappa shape index (κ3) is 6.42. The predicted molar refractivity (Wildman–Crippen MR) is 149 cm³/mol. The lowest BCUT2D eigenvalue weighted by Gasteiger charge is -2.29. The molecule has 3 N–H and O–H groups in total. The maximum absolute atomic E-state index is 13.3. The van der Waals surface area contributed by atoms with E-state index in [1.807, 2.05) is 30.3 Å². The fourth-order valence-electron chi connectivity index (χ4n) is 4.41. The molecule has 1 aromatic heterocycles. The Labute approximate surface area is 227 Å². The summed E-state index contributed by atoms with van der Waals surface area (Å²) in [6.07, 6.45) is 1.36. The van der Waals surface area contributed by atoms with Crippen LogP contribution < -0.4 is 10.0 Å². The molecule has 2 heterocycles. The van der Waals surface area contributed by atoms with Gasteiger partial charge in [-0.1, -0.05) is 60.1 Å². The first-order valence-corrected chi connectivity index (χ1v) is 14.2. The minimum atomic E-state index is -3.92. The monoisotopic (exact) mass is 549 g/mol. The third-order valence-corrected chi connectivity index (χ3v) is 7.93. The highest BCUT2D eigenvalue weighted by Crippen LogP contribution is 2.28. The highest BCUT2D eigenvalue weighted by molar-refractivity contribution is 7.92. The Morgan fingerprint density at radius 3 is 2.50 bits per heavy atom. The van der Waals surface area contributed by atoms with Crippen LogP contribution in [0, 0.1) is 0 Å². The molecule has 5 rings (SSSR count). The van der Waals surface area contributed by atoms with Gasteiger partial charge < -0.3 is 10.4 Å². The highest BCUT2D eigenvalue weighted by Gasteiger charge is 2.26. The first kappa shape index (κ1) is 26.0. The lowest BCUT2D eigenvalue weighted by atomic mass is 10.1. The number of rotatable bonds is 9. The molecule has 0 amide bonds. The second kappa shape index (κ2) is 11.4. The van der Waals surface area contributed by atoms with Crippen molar-refractivity contribution in [2.75, 3.05) is 23.1 Å². The van der Waals surface area contributed by atoms with Crippen molar-refractivity contribution in [3.05, 3.63) is 106 Å². The third-order valence-electron chi connectivity index (χ3n) is 6.36. The van der Waals surface area contributed by atoms with E-state index in [4.69, 9.17) is 16.6 Å². The normalized spacial score (nSPS) is 13.6. The molecule has 0 aliphatic carbocycles. The molecule has 196 valence electrons. The molecule has 10 heteroatoms. The summed E-state index contributed by atoms with van der Waals surface area (Å²) in [6.45, 7) is 2.61. The van der Waals surface area contributed by atoms with Crippen molar-refractivity contribution < 1.29 is 13.5 Å². The fourth-order valence-corrected chi connectivity index (χ4v) is 5.75. The van der Waals surface area contributed by atoms with Crippen LogP contribution in [0.2, 0.25) is 5.02 Å². The summed E-state index contributed by atoms with van der Waals surface area (Å²) in [5.74, 6) is 0.848. The van der Waals surface area contributed by atoms with Gasteiger partial charge in [0, 0.05) is 43.2 Å². The average Bonchev–Trinajstić information content (AvgIpc) is 2.91. The first-order valence-electron chi connectivity index (χ1n) is 12.3. The summed E-state index contributed by atoms with van der Waals surface area (Å²) in [7, 11) is -3.92. The molecule has 0 saturated carbocycles. The van der Waals surface area contributed by atoms with E-state index in [1.165, 1.54) is 17.7 Å². The van der Waals surface area contributed by atoms with E-state index in [0.717, 1.165) is 29.9 Å². The summed E-state index contributed by atoms with van der Waals surface area (Å²) < 4.78 is 29.2. The second-order valence-electron chi connectivity index (χ2n) is 9.17. The summed E-state index contributed by atoms with van der Waals surface area (Å²) >= 11 is 6.06. The molecular formula is C28H28ClN5O3S. The van der Waals surface area contributed by atoms with E-state index in [-0.39, 0.29) is 16.5 Å². The number of benzene rings is 3. The van der Waals surface area contributed by atoms with Crippen LogP contribution in [0.3, 0.4) is 0 Å². The van der Waals surface area contributed by atoms with Crippen LogP contribution in [-0.4, -0.2) is 41.5 Å². The molecule has 1 aliphatic rings. The average molecular weight is 550 g/mol. The van der Waals surface area contributed by atoms with Crippen molar-refractivity contribution in [3.8, 4) is 5.75 Å². The fraction of sp³-hybridized carbons (Fsp3) is 0.214. The minimum Gasteiger partial charge on any atom is -0.508 e. The molecule has 0 atom stereocenters. The van der Waals surface area contributed by atoms with Gasteiger partial charge in [-0.25, -0.2) is 13.4 Å². The summed E-state index contributed by atoms with van der Waals surface area (Å²) in [5, 5.41) is 13.1. The molecule has 3 aromatic carbocycles. The number of nitrogens with one attached hydrogen (secondary N) is 2. The number of aromatic nitrogens is 2. The quantitative estimate of drug-likeness (QED) is 0.274. The Kier molecular flexibility index (Phi) is 7.78. The van der Waals surface area contributed by atoms with E-state index >= 15 is 0 Å². The lowest BCUT2D eigenvalue weighted by molar-refractivity contribution is 0.243. The molecule has 4 aromatic rings. The van der Waals surface area contributed by atoms with E-state index < -0.39 is 10.0 Å². The number of sulfonamides is 1. The molecular weight excluding hydrogens is 522 g/mol. The molecule has 38 heavy (non-hydrogen) atoms. The van der Waals surface area contributed by atoms with Gasteiger partial charge in [0.15, 0.2) is 0 Å². The van der Waals surface area contributed by atoms with Crippen LogP contribution in [0.25, 0.3) is 0 Å². The van der Waals surface area contributed by atoms with Crippen molar-refractivity contribution in [3.63, 3.8) is 0 Å². The van der Waals surface area contributed by atoms with Gasteiger partial charge in [0.25, 0.3) is 10.0 Å². The van der Waals surface area contributed by atoms with Crippen LogP contribution in [0.15, 0.2) is 83.8 Å². The zero-order valence-electron chi connectivity index (χ0n) is 20.6. The largest absolute Gasteiger partial charge is 0.508 e. The van der Waals surface area contributed by atoms with Crippen molar-refractivity contribution in [2.45, 2.75) is 30.8 Å². The van der Waals surface area contributed by atoms with Crippen molar-refractivity contribution in [1.82, 2.24) is 14.9 Å². The Hall–Kier alpha value is -3.66. The standard InChI is InChI=1S/C28H28ClN5O3S/c29-22-7-4-8-24(17-22)38(36,37)33-27-25-19-34(18-21-5-2-1-3-6-21)16-14-26(25)31-28(32-27)30-15-13-20-9-11-23(35)12-10-20/h1-12,17,35H,13-16,18-19H2,(H2,30,31,32,33). The van der Waals surface area contributed by atoms with Crippen molar-refractivity contribution >= 4 is 33.4 Å². The van der Waals surface area contributed by atoms with Gasteiger partial charge in [-0.3, -0.25) is 9.62 Å². The number of hydrogen-bond acceptors (Lipinski definition) is 7. The zero-order valence-corrected chi connectivity index (χ0v) is 22.2. The van der Waals surface area contributed by atoms with Crippen LogP contribution in [0.5, 0.6) is 5.75 Å². The van der Waals surface area contributed by atoms with E-state index in [1.54, 1.807) is 24.3 Å². The number of nitrogens with zero attached hydrogens (tertiary/aromatic N) is 3. The number of halogens is 1. The predicted octanol–water partition coefficient (Wildman–Crippen LogP) is 4.85. The number of hydrogen-bond donors (Lipinski definition) is 3. The Bertz CT molecular complexity index is 1520. The number of aromatic hydroxyl groups is 1. The van der Waals surface area contributed by atoms with E-state index in [9.17, 15) is 13.5 Å². The van der Waals surface area contributed by atoms with Crippen molar-refractivity contribution in [2.24, 2.45) is 0 Å². The van der Waals surface area contributed by atoms with Crippen LogP contribution in [0.1, 0.15) is 22.4 Å². The van der Waals surface area contributed by atoms with E-state index in [0.29, 0.717) is 36.9 Å². The molecule has 0 saturated heterocycles. The number of anilines is 2. The SMILES string of the molecule is O=S(=O)(Nc1nc(NCCc2ccc(O)cc2)nc2c1CN(Cc1ccccc1)CC2)c1cccc(Cl)c1. The maximum atomic E-state index is 13.3. The number of phenolic OH excluding ortho intramolecular Hbond substituents is 1.